The zero-order valence-electron chi connectivity index (χ0n) is 21.0. The number of benzene rings is 2. The Balaban J connectivity index is 2.08. The first kappa shape index (κ1) is 29.3. The molecule has 1 aromatic heterocycles. The summed E-state index contributed by atoms with van der Waals surface area (Å²) in [5.74, 6) is 0.869. The average molecular weight is 702 g/mol. The van der Waals surface area contributed by atoms with E-state index in [-0.39, 0.29) is 12.2 Å². The van der Waals surface area contributed by atoms with E-state index < -0.39 is 12.1 Å². The van der Waals surface area contributed by atoms with Crippen molar-refractivity contribution in [1.29, 1.82) is 0 Å². The molecule has 1 heterocycles. The Morgan fingerprint density at radius 2 is 1.89 bits per heavy atom. The van der Waals surface area contributed by atoms with Crippen molar-refractivity contribution in [2.45, 2.75) is 53.1 Å². The number of carbonyl (C=O) groups excluding carboxylic acids is 1. The lowest BCUT2D eigenvalue weighted by molar-refractivity contribution is -0.150. The Morgan fingerprint density at radius 3 is 2.57 bits per heavy atom. The van der Waals surface area contributed by atoms with Gasteiger partial charge in [0.15, 0.2) is 17.6 Å². The first-order valence-electron chi connectivity index (χ1n) is 11.9. The standard InChI is InChI=1S/C26H28Br3N3O5/c1-5-8-9-21-31-19-11-10-17(27)13-18(19)25(33)32(21)30-14-16-12-20(35-6-2)24(23(29)22(16)28)37-15(4)26(34)36-7-3/h10-15H,5-9H2,1-4H3/t15-/m0/s1. The van der Waals surface area contributed by atoms with Gasteiger partial charge in [0.2, 0.25) is 0 Å². The van der Waals surface area contributed by atoms with Gasteiger partial charge in [0.25, 0.3) is 5.56 Å². The van der Waals surface area contributed by atoms with Gasteiger partial charge in [-0.25, -0.2) is 9.78 Å². The van der Waals surface area contributed by atoms with Crippen molar-refractivity contribution in [1.82, 2.24) is 9.66 Å². The predicted molar refractivity (Wildman–Crippen MR) is 155 cm³/mol. The molecule has 0 saturated heterocycles. The molecule has 37 heavy (non-hydrogen) atoms. The van der Waals surface area contributed by atoms with Gasteiger partial charge in [0, 0.05) is 20.9 Å². The third kappa shape index (κ3) is 7.00. The number of fused-ring (bicyclic) bond motifs is 1. The van der Waals surface area contributed by atoms with Gasteiger partial charge in [-0.05, 0) is 83.3 Å². The Labute approximate surface area is 240 Å². The summed E-state index contributed by atoms with van der Waals surface area (Å²) in [4.78, 5) is 30.2. The summed E-state index contributed by atoms with van der Waals surface area (Å²) in [6, 6.07) is 7.17. The summed E-state index contributed by atoms with van der Waals surface area (Å²) < 4.78 is 20.0. The maximum atomic E-state index is 13.4. The van der Waals surface area contributed by atoms with Crippen LogP contribution in [0.15, 0.2) is 47.6 Å². The summed E-state index contributed by atoms with van der Waals surface area (Å²) >= 11 is 10.6. The molecule has 0 saturated carbocycles. The van der Waals surface area contributed by atoms with Gasteiger partial charge >= 0.3 is 5.97 Å². The average Bonchev–Trinajstić information content (AvgIpc) is 2.87. The lowest BCUT2D eigenvalue weighted by Gasteiger charge is -2.19. The fraction of sp³-hybridized carbons (Fsp3) is 0.385. The molecule has 0 fully saturated rings. The fourth-order valence-electron chi connectivity index (χ4n) is 3.49. The Hall–Kier alpha value is -2.24. The first-order chi connectivity index (χ1) is 17.7. The van der Waals surface area contributed by atoms with Crippen LogP contribution >= 0.6 is 47.8 Å². The number of ether oxygens (including phenoxy) is 3. The van der Waals surface area contributed by atoms with Crippen LogP contribution < -0.4 is 15.0 Å². The van der Waals surface area contributed by atoms with E-state index in [2.05, 4.69) is 59.8 Å². The van der Waals surface area contributed by atoms with Gasteiger partial charge in [0.05, 0.1) is 34.8 Å². The van der Waals surface area contributed by atoms with Gasteiger partial charge in [0.1, 0.15) is 5.82 Å². The fourth-order valence-corrected chi connectivity index (χ4v) is 4.76. The summed E-state index contributed by atoms with van der Waals surface area (Å²) in [5, 5.41) is 5.01. The number of nitrogens with zero attached hydrogens (tertiary/aromatic N) is 3. The Morgan fingerprint density at radius 1 is 1.14 bits per heavy atom. The second-order valence-electron chi connectivity index (χ2n) is 8.02. The molecule has 0 amide bonds. The van der Waals surface area contributed by atoms with Gasteiger partial charge in [-0.3, -0.25) is 4.79 Å². The number of hydrogen-bond acceptors (Lipinski definition) is 7. The van der Waals surface area contributed by atoms with E-state index in [0.717, 1.165) is 17.3 Å². The molecular weight excluding hydrogens is 674 g/mol. The number of halogens is 3. The van der Waals surface area contributed by atoms with E-state index in [1.54, 1.807) is 32.2 Å². The quantitative estimate of drug-likeness (QED) is 0.165. The Bertz CT molecular complexity index is 1370. The molecule has 0 radical (unpaired) electrons. The number of hydrogen-bond donors (Lipinski definition) is 0. The summed E-state index contributed by atoms with van der Waals surface area (Å²) in [7, 11) is 0. The number of esters is 1. The molecule has 0 bridgehead atoms. The summed E-state index contributed by atoms with van der Waals surface area (Å²) in [6.45, 7) is 7.91. The maximum absolute atomic E-state index is 13.4. The second kappa shape index (κ2) is 13.5. The molecular formula is C26H28Br3N3O5. The molecule has 0 aliphatic rings. The highest BCUT2D eigenvalue weighted by Crippen LogP contribution is 2.43. The summed E-state index contributed by atoms with van der Waals surface area (Å²) in [5.41, 5.74) is 1.01. The lowest BCUT2D eigenvalue weighted by atomic mass is 10.2. The van der Waals surface area contributed by atoms with Crippen LogP contribution in [0.4, 0.5) is 0 Å². The minimum absolute atomic E-state index is 0.253. The van der Waals surface area contributed by atoms with E-state index in [4.69, 9.17) is 19.2 Å². The van der Waals surface area contributed by atoms with Gasteiger partial charge < -0.3 is 14.2 Å². The molecule has 198 valence electrons. The number of aryl methyl sites for hydroxylation is 1. The van der Waals surface area contributed by atoms with Crippen LogP contribution in [-0.2, 0) is 16.0 Å². The normalized spacial score (nSPS) is 12.2. The number of aromatic nitrogens is 2. The minimum atomic E-state index is -0.843. The van der Waals surface area contributed by atoms with Crippen LogP contribution in [0.1, 0.15) is 51.9 Å². The van der Waals surface area contributed by atoms with E-state index in [0.29, 0.717) is 55.8 Å². The molecule has 0 unspecified atom stereocenters. The number of unbranched alkanes of at least 4 members (excludes halogenated alkanes) is 1. The van der Waals surface area contributed by atoms with E-state index >= 15 is 0 Å². The third-order valence-electron chi connectivity index (χ3n) is 5.31. The smallest absolute Gasteiger partial charge is 0.347 e. The highest BCUT2D eigenvalue weighted by molar-refractivity contribution is 9.13. The largest absolute Gasteiger partial charge is 0.490 e. The van der Waals surface area contributed by atoms with Crippen LogP contribution in [-0.4, -0.2) is 41.2 Å². The second-order valence-corrected chi connectivity index (χ2v) is 10.5. The van der Waals surface area contributed by atoms with Crippen LogP contribution in [0.2, 0.25) is 0 Å². The SMILES string of the molecule is CCCCc1nc2ccc(Br)cc2c(=O)n1N=Cc1cc(OCC)c(O[C@@H](C)C(=O)OCC)c(Br)c1Br. The van der Waals surface area contributed by atoms with Crippen molar-refractivity contribution in [2.75, 3.05) is 13.2 Å². The van der Waals surface area contributed by atoms with Crippen molar-refractivity contribution < 1.29 is 19.0 Å². The topological polar surface area (TPSA) is 92.0 Å². The Kier molecular flexibility index (Phi) is 10.7. The van der Waals surface area contributed by atoms with E-state index in [9.17, 15) is 9.59 Å². The predicted octanol–water partition coefficient (Wildman–Crippen LogP) is 6.64. The minimum Gasteiger partial charge on any atom is -0.490 e. The zero-order valence-corrected chi connectivity index (χ0v) is 25.8. The van der Waals surface area contributed by atoms with Gasteiger partial charge in [-0.1, -0.05) is 29.3 Å². The zero-order chi connectivity index (χ0) is 27.1. The van der Waals surface area contributed by atoms with Gasteiger partial charge in [-0.15, -0.1) is 0 Å². The number of carbonyl (C=O) groups is 1. The monoisotopic (exact) mass is 699 g/mol. The van der Waals surface area contributed by atoms with Crippen LogP contribution in [0.25, 0.3) is 10.9 Å². The lowest BCUT2D eigenvalue weighted by Crippen LogP contribution is -2.26. The molecule has 3 aromatic rings. The van der Waals surface area contributed by atoms with E-state index in [1.165, 1.54) is 4.68 Å². The highest BCUT2D eigenvalue weighted by Gasteiger charge is 2.23. The molecule has 8 nitrogen and oxygen atoms in total. The first-order valence-corrected chi connectivity index (χ1v) is 14.3. The number of rotatable bonds is 11. The molecule has 1 atom stereocenters. The molecule has 11 heteroatoms. The van der Waals surface area contributed by atoms with Crippen molar-refractivity contribution in [3.8, 4) is 11.5 Å². The van der Waals surface area contributed by atoms with Crippen LogP contribution in [0.3, 0.4) is 0 Å². The molecule has 3 rings (SSSR count). The van der Waals surface area contributed by atoms with E-state index in [1.807, 2.05) is 19.1 Å². The molecule has 2 aromatic carbocycles. The molecule has 0 spiro atoms. The summed E-state index contributed by atoms with van der Waals surface area (Å²) in [6.07, 6.45) is 3.17. The van der Waals surface area contributed by atoms with Crippen molar-refractivity contribution in [2.24, 2.45) is 5.10 Å². The van der Waals surface area contributed by atoms with Crippen LogP contribution in [0.5, 0.6) is 11.5 Å². The molecule has 0 aliphatic heterocycles. The van der Waals surface area contributed by atoms with Crippen molar-refractivity contribution in [3.63, 3.8) is 0 Å². The van der Waals surface area contributed by atoms with Gasteiger partial charge in [-0.2, -0.15) is 9.78 Å². The molecule has 0 N–H and O–H groups in total. The third-order valence-corrected chi connectivity index (χ3v) is 7.95. The van der Waals surface area contributed by atoms with Crippen molar-refractivity contribution in [3.05, 3.63) is 59.4 Å². The molecule has 0 aliphatic carbocycles. The van der Waals surface area contributed by atoms with Crippen molar-refractivity contribution >= 4 is 70.9 Å². The maximum Gasteiger partial charge on any atom is 0.347 e. The van der Waals surface area contributed by atoms with Crippen LogP contribution in [0, 0.1) is 0 Å². The highest BCUT2D eigenvalue weighted by atomic mass is 79.9.